The van der Waals surface area contributed by atoms with Gasteiger partial charge in [0.15, 0.2) is 0 Å². The van der Waals surface area contributed by atoms with Crippen molar-refractivity contribution in [3.63, 3.8) is 0 Å². The average Bonchev–Trinajstić information content (AvgIpc) is 2.77. The van der Waals surface area contributed by atoms with Crippen molar-refractivity contribution >= 4 is 5.97 Å². The molecule has 94 valence electrons. The minimum absolute atomic E-state index is 0.0531. The van der Waals surface area contributed by atoms with Crippen molar-refractivity contribution in [1.29, 1.82) is 0 Å². The average molecular weight is 246 g/mol. The molecule has 0 aliphatic heterocycles. The van der Waals surface area contributed by atoms with E-state index >= 15 is 0 Å². The molecule has 0 saturated carbocycles. The molecule has 1 N–H and O–H groups in total. The molecule has 0 saturated heterocycles. The van der Waals surface area contributed by atoms with Crippen LogP contribution in [-0.4, -0.2) is 11.1 Å². The van der Waals surface area contributed by atoms with Crippen LogP contribution in [0.1, 0.15) is 17.7 Å². The first-order valence-electron chi connectivity index (χ1n) is 5.68. The topological polar surface area (TPSA) is 59.7 Å². The molecule has 0 aliphatic rings. The minimum Gasteiger partial charge on any atom is -0.481 e. The van der Waals surface area contributed by atoms with Gasteiger partial charge in [0, 0.05) is 12.5 Å². The fraction of sp³-hybridized carbons (Fsp3) is 0.214. The number of benzene rings is 1. The molecule has 1 heterocycles. The van der Waals surface area contributed by atoms with Crippen molar-refractivity contribution in [3.05, 3.63) is 47.7 Å². The van der Waals surface area contributed by atoms with Gasteiger partial charge >= 0.3 is 5.97 Å². The third-order valence-corrected chi connectivity index (χ3v) is 2.46. The van der Waals surface area contributed by atoms with E-state index in [2.05, 4.69) is 0 Å². The third-order valence-electron chi connectivity index (χ3n) is 2.46. The van der Waals surface area contributed by atoms with Crippen LogP contribution in [0.5, 0.6) is 11.7 Å². The lowest BCUT2D eigenvalue weighted by atomic mass is 10.2. The molecule has 0 radical (unpaired) electrons. The van der Waals surface area contributed by atoms with Crippen LogP contribution in [0.3, 0.4) is 0 Å². The Morgan fingerprint density at radius 2 is 1.94 bits per heavy atom. The maximum absolute atomic E-state index is 10.4. The van der Waals surface area contributed by atoms with E-state index in [1.807, 2.05) is 31.2 Å². The number of aryl methyl sites for hydroxylation is 2. The number of rotatable bonds is 5. The first-order valence-corrected chi connectivity index (χ1v) is 5.68. The summed E-state index contributed by atoms with van der Waals surface area (Å²) in [4.78, 5) is 10.4. The first-order chi connectivity index (χ1) is 8.63. The number of hydrogen-bond donors (Lipinski definition) is 1. The van der Waals surface area contributed by atoms with Crippen LogP contribution in [0.15, 0.2) is 40.8 Å². The van der Waals surface area contributed by atoms with Gasteiger partial charge in [-0.15, -0.1) is 0 Å². The standard InChI is InChI=1S/C14H14O4/c1-10-2-4-11(5-3-10)17-14-9-7-12(18-14)6-8-13(15)16/h2-5,7,9H,6,8H2,1H3,(H,15,16). The summed E-state index contributed by atoms with van der Waals surface area (Å²) >= 11 is 0. The lowest BCUT2D eigenvalue weighted by Gasteiger charge is -2.01. The Bertz CT molecular complexity index is 525. The van der Waals surface area contributed by atoms with Crippen LogP contribution in [0.4, 0.5) is 0 Å². The highest BCUT2D eigenvalue weighted by atomic mass is 16.6. The number of furan rings is 1. The molecule has 1 aromatic carbocycles. The summed E-state index contributed by atoms with van der Waals surface area (Å²) in [5.74, 6) is 0.839. The summed E-state index contributed by atoms with van der Waals surface area (Å²) in [6, 6.07) is 11.0. The van der Waals surface area contributed by atoms with E-state index in [4.69, 9.17) is 14.3 Å². The van der Waals surface area contributed by atoms with Crippen molar-refractivity contribution < 1.29 is 19.1 Å². The Balaban J connectivity index is 1.97. The zero-order chi connectivity index (χ0) is 13.0. The van der Waals surface area contributed by atoms with Crippen molar-refractivity contribution in [3.8, 4) is 11.7 Å². The van der Waals surface area contributed by atoms with Crippen molar-refractivity contribution in [2.45, 2.75) is 19.8 Å². The number of carbonyl (C=O) groups is 1. The normalized spacial score (nSPS) is 10.3. The SMILES string of the molecule is Cc1ccc(Oc2ccc(CCC(=O)O)o2)cc1. The number of carboxylic acids is 1. The van der Waals surface area contributed by atoms with E-state index < -0.39 is 5.97 Å². The van der Waals surface area contributed by atoms with Crippen molar-refractivity contribution in [1.82, 2.24) is 0 Å². The molecule has 0 amide bonds. The van der Waals surface area contributed by atoms with E-state index in [0.717, 1.165) is 5.56 Å². The Hall–Kier alpha value is -2.23. The van der Waals surface area contributed by atoms with Gasteiger partial charge in [0.1, 0.15) is 11.5 Å². The second-order valence-electron chi connectivity index (χ2n) is 4.03. The fourth-order valence-corrected chi connectivity index (χ4v) is 1.50. The Morgan fingerprint density at radius 1 is 1.22 bits per heavy atom. The highest BCUT2D eigenvalue weighted by molar-refractivity contribution is 5.66. The molecular formula is C14H14O4. The van der Waals surface area contributed by atoms with Crippen molar-refractivity contribution in [2.24, 2.45) is 0 Å². The van der Waals surface area contributed by atoms with Gasteiger partial charge in [-0.2, -0.15) is 0 Å². The molecule has 0 atom stereocenters. The molecule has 0 aliphatic carbocycles. The van der Waals surface area contributed by atoms with Crippen LogP contribution in [-0.2, 0) is 11.2 Å². The molecule has 2 rings (SSSR count). The Kier molecular flexibility index (Phi) is 3.67. The second-order valence-corrected chi connectivity index (χ2v) is 4.03. The van der Waals surface area contributed by atoms with Crippen LogP contribution in [0.25, 0.3) is 0 Å². The van der Waals surface area contributed by atoms with Gasteiger partial charge in [0.05, 0.1) is 6.42 Å². The van der Waals surface area contributed by atoms with Crippen LogP contribution >= 0.6 is 0 Å². The van der Waals surface area contributed by atoms with Crippen molar-refractivity contribution in [2.75, 3.05) is 0 Å². The van der Waals surface area contributed by atoms with Crippen LogP contribution in [0, 0.1) is 6.92 Å². The van der Waals surface area contributed by atoms with Gasteiger partial charge in [-0.05, 0) is 25.1 Å². The molecule has 18 heavy (non-hydrogen) atoms. The monoisotopic (exact) mass is 246 g/mol. The molecule has 4 heteroatoms. The molecule has 4 nitrogen and oxygen atoms in total. The lowest BCUT2D eigenvalue weighted by Crippen LogP contribution is -1.96. The molecule has 2 aromatic rings. The summed E-state index contributed by atoms with van der Waals surface area (Å²) in [5.41, 5.74) is 1.16. The van der Waals surface area contributed by atoms with Gasteiger partial charge < -0.3 is 14.3 Å². The first kappa shape index (κ1) is 12.2. The number of aliphatic carboxylic acids is 1. The molecule has 0 spiro atoms. The summed E-state index contributed by atoms with van der Waals surface area (Å²) in [5, 5.41) is 8.57. The molecule has 0 unspecified atom stereocenters. The molecule has 0 fully saturated rings. The summed E-state index contributed by atoms with van der Waals surface area (Å²) in [7, 11) is 0. The second kappa shape index (κ2) is 5.40. The Labute approximate surface area is 105 Å². The van der Waals surface area contributed by atoms with E-state index in [1.165, 1.54) is 0 Å². The highest BCUT2D eigenvalue weighted by Gasteiger charge is 2.06. The van der Waals surface area contributed by atoms with Crippen LogP contribution in [0.2, 0.25) is 0 Å². The van der Waals surface area contributed by atoms with Crippen LogP contribution < -0.4 is 4.74 Å². The predicted octanol–water partition coefficient (Wildman–Crippen LogP) is 3.40. The number of carboxylic acid groups (broad SMARTS) is 1. The van der Waals surface area contributed by atoms with Gasteiger partial charge in [0.25, 0.3) is 5.95 Å². The summed E-state index contributed by atoms with van der Waals surface area (Å²) < 4.78 is 10.9. The number of ether oxygens (including phenoxy) is 1. The smallest absolute Gasteiger partial charge is 0.303 e. The molecular weight excluding hydrogens is 232 g/mol. The van der Waals surface area contributed by atoms with Gasteiger partial charge in [-0.3, -0.25) is 4.79 Å². The van der Waals surface area contributed by atoms with Gasteiger partial charge in [-0.1, -0.05) is 17.7 Å². The summed E-state index contributed by atoms with van der Waals surface area (Å²) in [6.07, 6.45) is 0.421. The van der Waals surface area contributed by atoms with E-state index in [0.29, 0.717) is 23.9 Å². The zero-order valence-electron chi connectivity index (χ0n) is 10.1. The number of hydrogen-bond acceptors (Lipinski definition) is 3. The van der Waals surface area contributed by atoms with Gasteiger partial charge in [-0.25, -0.2) is 0 Å². The van der Waals surface area contributed by atoms with E-state index in [1.54, 1.807) is 12.1 Å². The Morgan fingerprint density at radius 3 is 2.61 bits per heavy atom. The maximum atomic E-state index is 10.4. The highest BCUT2D eigenvalue weighted by Crippen LogP contribution is 2.24. The third kappa shape index (κ3) is 3.38. The van der Waals surface area contributed by atoms with E-state index in [9.17, 15) is 4.79 Å². The maximum Gasteiger partial charge on any atom is 0.303 e. The molecule has 1 aromatic heterocycles. The fourth-order valence-electron chi connectivity index (χ4n) is 1.50. The minimum atomic E-state index is -0.840. The quantitative estimate of drug-likeness (QED) is 0.878. The predicted molar refractivity (Wildman–Crippen MR) is 65.9 cm³/mol. The zero-order valence-corrected chi connectivity index (χ0v) is 10.1. The largest absolute Gasteiger partial charge is 0.481 e. The summed E-state index contributed by atoms with van der Waals surface area (Å²) in [6.45, 7) is 2.00. The molecule has 0 bridgehead atoms. The van der Waals surface area contributed by atoms with E-state index in [-0.39, 0.29) is 6.42 Å². The lowest BCUT2D eigenvalue weighted by molar-refractivity contribution is -0.137. The van der Waals surface area contributed by atoms with Gasteiger partial charge in [0.2, 0.25) is 0 Å².